The number of carbonyl (C=O) groups excluding carboxylic acids is 3. The second-order valence-corrected chi connectivity index (χ2v) is 7.07. The van der Waals surface area contributed by atoms with Crippen LogP contribution in [0.4, 0.5) is 0 Å². The molecule has 0 saturated heterocycles. The molecule has 6 heteroatoms. The van der Waals surface area contributed by atoms with Crippen LogP contribution < -0.4 is 4.74 Å². The van der Waals surface area contributed by atoms with Crippen molar-refractivity contribution in [1.82, 2.24) is 10.0 Å². The fraction of sp³-hybridized carbons (Fsp3) is 0.286. The Morgan fingerprint density at radius 2 is 1.41 bits per heavy atom. The van der Waals surface area contributed by atoms with Crippen molar-refractivity contribution < 1.29 is 19.1 Å². The Bertz CT molecular complexity index is 841. The molecule has 0 bridgehead atoms. The molecule has 27 heavy (non-hydrogen) atoms. The first kappa shape index (κ1) is 20.2. The fourth-order valence-electron chi connectivity index (χ4n) is 2.75. The van der Waals surface area contributed by atoms with E-state index in [0.717, 1.165) is 0 Å². The van der Waals surface area contributed by atoms with E-state index in [1.807, 2.05) is 26.8 Å². The second kappa shape index (κ2) is 8.03. The lowest BCUT2D eigenvalue weighted by Crippen LogP contribution is -2.56. The highest BCUT2D eigenvalue weighted by atomic mass is 16.5. The SMILES string of the molecule is CC(=O)Oc1ccccc1C(=O)N(N(C)C(=O)c1ccccc1)C(C)(C)C. The van der Waals surface area contributed by atoms with Gasteiger partial charge in [0.2, 0.25) is 0 Å². The number of carbonyl (C=O) groups is 3. The van der Waals surface area contributed by atoms with Crippen LogP contribution in [0.5, 0.6) is 5.75 Å². The normalized spacial score (nSPS) is 10.9. The lowest BCUT2D eigenvalue weighted by molar-refractivity contribution is -0.131. The second-order valence-electron chi connectivity index (χ2n) is 7.07. The number of nitrogens with zero attached hydrogens (tertiary/aromatic N) is 2. The van der Waals surface area contributed by atoms with Crippen LogP contribution >= 0.6 is 0 Å². The van der Waals surface area contributed by atoms with Crippen LogP contribution in [0.25, 0.3) is 0 Å². The third-order valence-electron chi connectivity index (χ3n) is 3.81. The summed E-state index contributed by atoms with van der Waals surface area (Å²) in [6.07, 6.45) is 0. The molecule has 0 fully saturated rings. The summed E-state index contributed by atoms with van der Waals surface area (Å²) in [4.78, 5) is 37.6. The van der Waals surface area contributed by atoms with Crippen molar-refractivity contribution in [2.24, 2.45) is 0 Å². The van der Waals surface area contributed by atoms with E-state index < -0.39 is 17.4 Å². The maximum atomic E-state index is 13.3. The quantitative estimate of drug-likeness (QED) is 0.472. The summed E-state index contributed by atoms with van der Waals surface area (Å²) in [5.41, 5.74) is -0.0229. The summed E-state index contributed by atoms with van der Waals surface area (Å²) in [6, 6.07) is 15.2. The van der Waals surface area contributed by atoms with Gasteiger partial charge in [-0.2, -0.15) is 0 Å². The van der Waals surface area contributed by atoms with E-state index in [9.17, 15) is 14.4 Å². The molecule has 0 atom stereocenters. The van der Waals surface area contributed by atoms with E-state index in [1.54, 1.807) is 55.6 Å². The van der Waals surface area contributed by atoms with Crippen LogP contribution in [0.2, 0.25) is 0 Å². The van der Waals surface area contributed by atoms with Crippen LogP contribution in [-0.4, -0.2) is 40.4 Å². The molecule has 2 aromatic carbocycles. The highest BCUT2D eigenvalue weighted by molar-refractivity contribution is 6.01. The van der Waals surface area contributed by atoms with Crippen molar-refractivity contribution in [1.29, 1.82) is 0 Å². The minimum atomic E-state index is -0.695. The van der Waals surface area contributed by atoms with Gasteiger partial charge in [-0.25, -0.2) is 10.0 Å². The molecule has 0 aliphatic rings. The molecule has 142 valence electrons. The third-order valence-corrected chi connectivity index (χ3v) is 3.81. The summed E-state index contributed by atoms with van der Waals surface area (Å²) in [6.45, 7) is 6.75. The monoisotopic (exact) mass is 368 g/mol. The molecule has 0 aromatic heterocycles. The molecule has 0 aliphatic carbocycles. The lowest BCUT2D eigenvalue weighted by atomic mass is 10.1. The van der Waals surface area contributed by atoms with Gasteiger partial charge in [-0.1, -0.05) is 30.3 Å². The minimum absolute atomic E-state index is 0.157. The summed E-state index contributed by atoms with van der Waals surface area (Å²) in [5.74, 6) is -1.12. The Hall–Kier alpha value is -3.15. The highest BCUT2D eigenvalue weighted by Gasteiger charge is 2.35. The lowest BCUT2D eigenvalue weighted by Gasteiger charge is -2.41. The first-order chi connectivity index (χ1) is 12.6. The van der Waals surface area contributed by atoms with Crippen LogP contribution in [-0.2, 0) is 4.79 Å². The molecule has 0 N–H and O–H groups in total. The largest absolute Gasteiger partial charge is 0.426 e. The van der Waals surface area contributed by atoms with Gasteiger partial charge in [-0.3, -0.25) is 14.4 Å². The van der Waals surface area contributed by atoms with Gasteiger partial charge >= 0.3 is 5.97 Å². The van der Waals surface area contributed by atoms with Gasteiger partial charge in [0.1, 0.15) is 5.75 Å². The van der Waals surface area contributed by atoms with Gasteiger partial charge in [0.05, 0.1) is 11.1 Å². The number of amides is 2. The Morgan fingerprint density at radius 1 is 0.852 bits per heavy atom. The molecule has 0 heterocycles. The van der Waals surface area contributed by atoms with Crippen molar-refractivity contribution in [2.45, 2.75) is 33.2 Å². The summed E-state index contributed by atoms with van der Waals surface area (Å²) in [5, 5.41) is 2.66. The molecule has 0 unspecified atom stereocenters. The summed E-state index contributed by atoms with van der Waals surface area (Å²) < 4.78 is 5.16. The number of hydrogen-bond donors (Lipinski definition) is 0. The number of esters is 1. The smallest absolute Gasteiger partial charge is 0.308 e. The molecular weight excluding hydrogens is 344 g/mol. The van der Waals surface area contributed by atoms with Crippen molar-refractivity contribution in [2.75, 3.05) is 7.05 Å². The molecular formula is C21H24N2O4. The zero-order chi connectivity index (χ0) is 20.2. The van der Waals surface area contributed by atoms with E-state index in [2.05, 4.69) is 0 Å². The number of ether oxygens (including phenoxy) is 1. The van der Waals surface area contributed by atoms with Gasteiger partial charge in [-0.05, 0) is 45.0 Å². The molecule has 2 aromatic rings. The maximum Gasteiger partial charge on any atom is 0.308 e. The van der Waals surface area contributed by atoms with E-state index >= 15 is 0 Å². The van der Waals surface area contributed by atoms with Crippen LogP contribution in [0, 0.1) is 0 Å². The molecule has 0 spiro atoms. The van der Waals surface area contributed by atoms with Gasteiger partial charge in [-0.15, -0.1) is 0 Å². The average Bonchev–Trinajstić information content (AvgIpc) is 2.60. The molecule has 2 amide bonds. The zero-order valence-electron chi connectivity index (χ0n) is 16.2. The molecule has 6 nitrogen and oxygen atoms in total. The standard InChI is InChI=1S/C21H24N2O4/c1-15(24)27-18-14-10-9-13-17(18)20(26)23(21(2,3)4)22(5)19(25)16-11-7-6-8-12-16/h6-14H,1-5H3. The Balaban J connectivity index is 2.44. The average molecular weight is 368 g/mol. The Labute approximate surface area is 159 Å². The number of hydrogen-bond acceptors (Lipinski definition) is 4. The van der Waals surface area contributed by atoms with Crippen molar-refractivity contribution in [3.8, 4) is 5.75 Å². The number of rotatable bonds is 3. The molecule has 0 radical (unpaired) electrons. The minimum Gasteiger partial charge on any atom is -0.426 e. The third kappa shape index (κ3) is 4.73. The van der Waals surface area contributed by atoms with E-state index in [0.29, 0.717) is 5.56 Å². The Kier molecular flexibility index (Phi) is 6.00. The first-order valence-electron chi connectivity index (χ1n) is 8.58. The van der Waals surface area contributed by atoms with E-state index in [4.69, 9.17) is 4.74 Å². The van der Waals surface area contributed by atoms with Crippen molar-refractivity contribution in [3.63, 3.8) is 0 Å². The topological polar surface area (TPSA) is 66.9 Å². The predicted octanol–water partition coefficient (Wildman–Crippen LogP) is 3.54. The first-order valence-corrected chi connectivity index (χ1v) is 8.58. The van der Waals surface area contributed by atoms with Gasteiger partial charge < -0.3 is 4.74 Å². The number of hydrazine groups is 1. The van der Waals surface area contributed by atoms with Crippen LogP contribution in [0.3, 0.4) is 0 Å². The van der Waals surface area contributed by atoms with Gasteiger partial charge in [0.15, 0.2) is 0 Å². The summed E-state index contributed by atoms with van der Waals surface area (Å²) in [7, 11) is 1.55. The van der Waals surface area contributed by atoms with Gasteiger partial charge in [0.25, 0.3) is 11.8 Å². The summed E-state index contributed by atoms with van der Waals surface area (Å²) >= 11 is 0. The molecule has 0 aliphatic heterocycles. The Morgan fingerprint density at radius 3 is 1.96 bits per heavy atom. The van der Waals surface area contributed by atoms with Crippen molar-refractivity contribution in [3.05, 3.63) is 65.7 Å². The van der Waals surface area contributed by atoms with Crippen LogP contribution in [0.15, 0.2) is 54.6 Å². The zero-order valence-corrected chi connectivity index (χ0v) is 16.2. The predicted molar refractivity (Wildman–Crippen MR) is 102 cm³/mol. The number of para-hydroxylation sites is 1. The van der Waals surface area contributed by atoms with E-state index in [1.165, 1.54) is 16.9 Å². The molecule has 0 saturated carbocycles. The molecule has 2 rings (SSSR count). The van der Waals surface area contributed by atoms with Crippen molar-refractivity contribution >= 4 is 17.8 Å². The van der Waals surface area contributed by atoms with Crippen LogP contribution in [0.1, 0.15) is 48.4 Å². The van der Waals surface area contributed by atoms with E-state index in [-0.39, 0.29) is 17.2 Å². The highest BCUT2D eigenvalue weighted by Crippen LogP contribution is 2.26. The maximum absolute atomic E-state index is 13.3. The number of benzene rings is 2. The fourth-order valence-corrected chi connectivity index (χ4v) is 2.75. The van der Waals surface area contributed by atoms with Gasteiger partial charge in [0, 0.05) is 19.5 Å².